The van der Waals surface area contributed by atoms with Crippen molar-refractivity contribution in [3.8, 4) is 0 Å². The molecule has 0 fully saturated rings. The van der Waals surface area contributed by atoms with Crippen LogP contribution in [0.2, 0.25) is 0 Å². The molecule has 1 aromatic heterocycles. The molecular weight excluding hydrogens is 312 g/mol. The zero-order valence-corrected chi connectivity index (χ0v) is 15.6. The molecule has 0 saturated heterocycles. The minimum absolute atomic E-state index is 0.334. The largest absolute Gasteiger partial charge is 0.356 e. The number of guanidine groups is 1. The summed E-state index contributed by atoms with van der Waals surface area (Å²) in [6, 6.07) is 7.04. The van der Waals surface area contributed by atoms with E-state index in [1.54, 1.807) is 0 Å². The SMILES string of the molecule is CN=C(NCCc1cc(C)cc(C)c1)NC1CCc2nc(C)nn2C1. The van der Waals surface area contributed by atoms with Crippen LogP contribution in [0.15, 0.2) is 23.2 Å². The lowest BCUT2D eigenvalue weighted by Gasteiger charge is -2.25. The second-order valence-corrected chi connectivity index (χ2v) is 6.88. The van der Waals surface area contributed by atoms with Crippen LogP contribution in [0, 0.1) is 20.8 Å². The zero-order valence-electron chi connectivity index (χ0n) is 15.6. The van der Waals surface area contributed by atoms with Gasteiger partial charge in [0.25, 0.3) is 0 Å². The Hall–Kier alpha value is -2.37. The van der Waals surface area contributed by atoms with Crippen LogP contribution >= 0.6 is 0 Å². The number of fused-ring (bicyclic) bond motifs is 1. The van der Waals surface area contributed by atoms with Gasteiger partial charge in [-0.25, -0.2) is 9.67 Å². The smallest absolute Gasteiger partial charge is 0.191 e. The van der Waals surface area contributed by atoms with Gasteiger partial charge in [-0.15, -0.1) is 0 Å². The lowest BCUT2D eigenvalue weighted by molar-refractivity contribution is 0.392. The summed E-state index contributed by atoms with van der Waals surface area (Å²) in [5, 5.41) is 11.4. The van der Waals surface area contributed by atoms with Gasteiger partial charge >= 0.3 is 0 Å². The summed E-state index contributed by atoms with van der Waals surface area (Å²) in [5.41, 5.74) is 4.00. The Kier molecular flexibility index (Phi) is 5.36. The molecule has 0 saturated carbocycles. The molecule has 1 unspecified atom stereocenters. The number of hydrogen-bond acceptors (Lipinski definition) is 3. The van der Waals surface area contributed by atoms with Crippen molar-refractivity contribution in [3.63, 3.8) is 0 Å². The van der Waals surface area contributed by atoms with Gasteiger partial charge in [0.05, 0.1) is 6.54 Å². The Morgan fingerprint density at radius 2 is 2.00 bits per heavy atom. The van der Waals surface area contributed by atoms with E-state index in [2.05, 4.69) is 57.8 Å². The monoisotopic (exact) mass is 340 g/mol. The van der Waals surface area contributed by atoms with E-state index in [9.17, 15) is 0 Å². The fraction of sp³-hybridized carbons (Fsp3) is 0.526. The molecule has 3 rings (SSSR count). The topological polar surface area (TPSA) is 67.1 Å². The first-order valence-corrected chi connectivity index (χ1v) is 8.98. The van der Waals surface area contributed by atoms with Gasteiger partial charge in [0.2, 0.25) is 0 Å². The molecule has 6 nitrogen and oxygen atoms in total. The Morgan fingerprint density at radius 3 is 2.72 bits per heavy atom. The first kappa shape index (κ1) is 17.5. The Bertz CT molecular complexity index is 741. The molecule has 25 heavy (non-hydrogen) atoms. The maximum Gasteiger partial charge on any atom is 0.191 e. The van der Waals surface area contributed by atoms with Crippen molar-refractivity contribution in [2.75, 3.05) is 13.6 Å². The summed E-state index contributed by atoms with van der Waals surface area (Å²) in [4.78, 5) is 8.82. The van der Waals surface area contributed by atoms with Crippen molar-refractivity contribution in [1.29, 1.82) is 0 Å². The maximum atomic E-state index is 4.46. The van der Waals surface area contributed by atoms with Crippen LogP contribution < -0.4 is 10.6 Å². The molecule has 0 bridgehead atoms. The highest BCUT2D eigenvalue weighted by molar-refractivity contribution is 5.79. The van der Waals surface area contributed by atoms with E-state index in [-0.39, 0.29) is 0 Å². The number of hydrogen-bond donors (Lipinski definition) is 2. The molecular formula is C19H28N6. The molecule has 2 heterocycles. The van der Waals surface area contributed by atoms with Gasteiger partial charge in [0.15, 0.2) is 5.96 Å². The lowest BCUT2D eigenvalue weighted by atomic mass is 10.1. The third-order valence-electron chi connectivity index (χ3n) is 4.52. The summed E-state index contributed by atoms with van der Waals surface area (Å²) >= 11 is 0. The summed E-state index contributed by atoms with van der Waals surface area (Å²) in [6.07, 6.45) is 2.99. The Balaban J connectivity index is 1.50. The van der Waals surface area contributed by atoms with Crippen LogP contribution in [0.5, 0.6) is 0 Å². The molecule has 1 atom stereocenters. The molecule has 0 aliphatic carbocycles. The highest BCUT2D eigenvalue weighted by atomic mass is 15.4. The molecule has 0 radical (unpaired) electrons. The average Bonchev–Trinajstić information content (AvgIpc) is 2.92. The van der Waals surface area contributed by atoms with E-state index in [1.807, 2.05) is 18.7 Å². The summed E-state index contributed by atoms with van der Waals surface area (Å²) in [6.45, 7) is 7.94. The minimum atomic E-state index is 0.334. The van der Waals surface area contributed by atoms with Crippen molar-refractivity contribution in [1.82, 2.24) is 25.4 Å². The molecule has 134 valence electrons. The van der Waals surface area contributed by atoms with Crippen LogP contribution in [0.25, 0.3) is 0 Å². The van der Waals surface area contributed by atoms with Crippen LogP contribution in [0.1, 0.15) is 34.8 Å². The average molecular weight is 340 g/mol. The van der Waals surface area contributed by atoms with Crippen molar-refractivity contribution in [2.45, 2.75) is 52.6 Å². The highest BCUT2D eigenvalue weighted by Gasteiger charge is 2.21. The number of nitrogens with zero attached hydrogens (tertiary/aromatic N) is 4. The van der Waals surface area contributed by atoms with E-state index in [0.29, 0.717) is 6.04 Å². The lowest BCUT2D eigenvalue weighted by Crippen LogP contribution is -2.47. The Labute approximate surface area is 149 Å². The first-order valence-electron chi connectivity index (χ1n) is 8.98. The van der Waals surface area contributed by atoms with Crippen molar-refractivity contribution < 1.29 is 0 Å². The summed E-state index contributed by atoms with van der Waals surface area (Å²) < 4.78 is 2.01. The van der Waals surface area contributed by atoms with E-state index in [4.69, 9.17) is 0 Å². The summed E-state index contributed by atoms with van der Waals surface area (Å²) in [7, 11) is 1.82. The second-order valence-electron chi connectivity index (χ2n) is 6.88. The maximum absolute atomic E-state index is 4.46. The molecule has 1 aromatic carbocycles. The van der Waals surface area contributed by atoms with E-state index < -0.39 is 0 Å². The quantitative estimate of drug-likeness (QED) is 0.659. The Morgan fingerprint density at radius 1 is 1.24 bits per heavy atom. The van der Waals surface area contributed by atoms with Gasteiger partial charge in [-0.1, -0.05) is 29.3 Å². The number of aliphatic imine (C=N–C) groups is 1. The fourth-order valence-electron chi connectivity index (χ4n) is 3.48. The standard InChI is InChI=1S/C19H28N6/c1-13-9-14(2)11-16(10-13)7-8-21-19(20-4)23-17-5-6-18-22-15(3)24-25(18)12-17/h9-11,17H,5-8,12H2,1-4H3,(H2,20,21,23). The molecule has 2 aromatic rings. The number of benzene rings is 1. The molecule has 6 heteroatoms. The van der Waals surface area contributed by atoms with Crippen molar-refractivity contribution >= 4 is 5.96 Å². The second kappa shape index (κ2) is 7.68. The van der Waals surface area contributed by atoms with Crippen LogP contribution in [-0.4, -0.2) is 40.4 Å². The van der Waals surface area contributed by atoms with Gasteiger partial charge in [-0.05, 0) is 39.2 Å². The fourth-order valence-corrected chi connectivity index (χ4v) is 3.48. The van der Waals surface area contributed by atoms with Crippen molar-refractivity contribution in [3.05, 3.63) is 46.5 Å². The normalized spacial score (nSPS) is 17.3. The number of aryl methyl sites for hydroxylation is 4. The molecule has 2 N–H and O–H groups in total. The van der Waals surface area contributed by atoms with Crippen LogP contribution in [0.3, 0.4) is 0 Å². The van der Waals surface area contributed by atoms with E-state index in [0.717, 1.165) is 50.0 Å². The van der Waals surface area contributed by atoms with Gasteiger partial charge in [-0.2, -0.15) is 5.10 Å². The zero-order chi connectivity index (χ0) is 17.8. The van der Waals surface area contributed by atoms with Gasteiger partial charge in [-0.3, -0.25) is 4.99 Å². The third-order valence-corrected chi connectivity index (χ3v) is 4.52. The van der Waals surface area contributed by atoms with E-state index in [1.165, 1.54) is 16.7 Å². The number of rotatable bonds is 4. The number of nitrogens with one attached hydrogen (secondary N) is 2. The molecule has 1 aliphatic rings. The molecule has 0 spiro atoms. The highest BCUT2D eigenvalue weighted by Crippen LogP contribution is 2.13. The first-order chi connectivity index (χ1) is 12.0. The molecule has 0 amide bonds. The van der Waals surface area contributed by atoms with Gasteiger partial charge < -0.3 is 10.6 Å². The predicted octanol–water partition coefficient (Wildman–Crippen LogP) is 1.93. The third kappa shape index (κ3) is 4.59. The molecule has 1 aliphatic heterocycles. The van der Waals surface area contributed by atoms with Gasteiger partial charge in [0.1, 0.15) is 11.6 Å². The minimum Gasteiger partial charge on any atom is -0.356 e. The van der Waals surface area contributed by atoms with Crippen LogP contribution in [0.4, 0.5) is 0 Å². The van der Waals surface area contributed by atoms with Crippen molar-refractivity contribution in [2.24, 2.45) is 4.99 Å². The van der Waals surface area contributed by atoms with Gasteiger partial charge in [0, 0.05) is 26.1 Å². The number of aromatic nitrogens is 3. The van der Waals surface area contributed by atoms with E-state index >= 15 is 0 Å². The van der Waals surface area contributed by atoms with Crippen LogP contribution in [-0.2, 0) is 19.4 Å². The predicted molar refractivity (Wildman–Crippen MR) is 101 cm³/mol. The summed E-state index contributed by atoms with van der Waals surface area (Å²) in [5.74, 6) is 2.80.